The van der Waals surface area contributed by atoms with E-state index in [-0.39, 0.29) is 42.3 Å². The Balaban J connectivity index is 0.00000420. The molecule has 0 aliphatic carbocycles. The highest BCUT2D eigenvalue weighted by Gasteiger charge is 2.29. The average Bonchev–Trinajstić information content (AvgIpc) is 3.12. The van der Waals surface area contributed by atoms with Crippen molar-refractivity contribution >= 4 is 29.9 Å². The molecule has 0 aromatic carbocycles. The van der Waals surface area contributed by atoms with E-state index in [1.807, 2.05) is 26.8 Å². The minimum absolute atomic E-state index is 0. The molecule has 0 saturated heterocycles. The predicted molar refractivity (Wildman–Crippen MR) is 113 cm³/mol. The van der Waals surface area contributed by atoms with Crippen molar-refractivity contribution in [2.45, 2.75) is 46.0 Å². The van der Waals surface area contributed by atoms with Gasteiger partial charge in [-0.2, -0.15) is 13.2 Å². The number of guanidine groups is 1. The molecule has 2 N–H and O–H groups in total. The van der Waals surface area contributed by atoms with Crippen molar-refractivity contribution in [2.24, 2.45) is 4.99 Å². The third-order valence-electron chi connectivity index (χ3n) is 3.57. The summed E-state index contributed by atoms with van der Waals surface area (Å²) in [6.45, 7) is 5.64. The van der Waals surface area contributed by atoms with Gasteiger partial charge in [0.2, 0.25) is 5.88 Å². The van der Waals surface area contributed by atoms with Gasteiger partial charge in [-0.15, -0.1) is 24.0 Å². The van der Waals surface area contributed by atoms with Gasteiger partial charge < -0.3 is 19.9 Å². The van der Waals surface area contributed by atoms with Crippen LogP contribution in [0.15, 0.2) is 33.9 Å². The Labute approximate surface area is 184 Å². The lowest BCUT2D eigenvalue weighted by atomic mass is 10.1. The van der Waals surface area contributed by atoms with Gasteiger partial charge in [0.25, 0.3) is 0 Å². The van der Waals surface area contributed by atoms with E-state index in [1.54, 1.807) is 12.1 Å². The molecule has 2 heterocycles. The highest BCUT2D eigenvalue weighted by Crippen LogP contribution is 2.20. The van der Waals surface area contributed by atoms with Crippen LogP contribution in [0.5, 0.6) is 5.88 Å². The molecule has 0 unspecified atom stereocenters. The molecule has 7 nitrogen and oxygen atoms in total. The van der Waals surface area contributed by atoms with Gasteiger partial charge >= 0.3 is 6.18 Å². The predicted octanol–water partition coefficient (Wildman–Crippen LogP) is 4.01. The van der Waals surface area contributed by atoms with E-state index in [4.69, 9.17) is 9.26 Å². The normalized spacial score (nSPS) is 11.9. The number of ether oxygens (including phenoxy) is 1. The van der Waals surface area contributed by atoms with Crippen molar-refractivity contribution in [3.63, 3.8) is 0 Å². The summed E-state index contributed by atoms with van der Waals surface area (Å²) in [6, 6.07) is 5.11. The first-order valence-corrected chi connectivity index (χ1v) is 8.89. The molecule has 0 fully saturated rings. The molecule has 0 radical (unpaired) electrons. The fraction of sp³-hybridized carbons (Fsp3) is 0.500. The number of aromatic nitrogens is 2. The van der Waals surface area contributed by atoms with E-state index in [1.165, 1.54) is 6.20 Å². The number of nitrogens with zero attached hydrogens (tertiary/aromatic N) is 3. The van der Waals surface area contributed by atoms with Crippen LogP contribution in [0.1, 0.15) is 43.7 Å². The van der Waals surface area contributed by atoms with E-state index in [0.717, 1.165) is 5.69 Å². The monoisotopic (exact) mass is 527 g/mol. The molecule has 11 heteroatoms. The SMILES string of the molecule is CCNC(=NCc1cccnc1OCC(F)(F)F)NCc1cc(C(C)C)no1.I. The fourth-order valence-corrected chi connectivity index (χ4v) is 2.19. The summed E-state index contributed by atoms with van der Waals surface area (Å²) in [5.41, 5.74) is 1.31. The maximum atomic E-state index is 12.4. The molecule has 2 aromatic heterocycles. The summed E-state index contributed by atoms with van der Waals surface area (Å²) < 4.78 is 47.2. The van der Waals surface area contributed by atoms with Crippen LogP contribution in [0.2, 0.25) is 0 Å². The lowest BCUT2D eigenvalue weighted by Crippen LogP contribution is -2.36. The van der Waals surface area contributed by atoms with Crippen molar-refractivity contribution < 1.29 is 22.4 Å². The molecule has 0 saturated carbocycles. The number of rotatable bonds is 8. The van der Waals surface area contributed by atoms with Crippen LogP contribution in [0.25, 0.3) is 0 Å². The Hall–Kier alpha value is -2.05. The summed E-state index contributed by atoms with van der Waals surface area (Å²) in [4.78, 5) is 8.24. The number of alkyl halides is 3. The third kappa shape index (κ3) is 8.88. The topological polar surface area (TPSA) is 84.6 Å². The number of hydrogen-bond acceptors (Lipinski definition) is 5. The Bertz CT molecular complexity index is 781. The van der Waals surface area contributed by atoms with E-state index >= 15 is 0 Å². The second-order valence-electron chi connectivity index (χ2n) is 6.29. The van der Waals surface area contributed by atoms with Crippen LogP contribution in [-0.2, 0) is 13.1 Å². The lowest BCUT2D eigenvalue weighted by Gasteiger charge is -2.12. The molecule has 2 aromatic rings. The first-order valence-electron chi connectivity index (χ1n) is 8.89. The first kappa shape index (κ1) is 25.0. The number of pyridine rings is 1. The standard InChI is InChI=1S/C18H24F3N5O2.HI/c1-4-22-17(25-10-14-8-15(12(2)3)26-28-14)24-9-13-6-5-7-23-16(13)27-11-18(19,20)21;/h5-8,12H,4,9-11H2,1-3H3,(H2,22,24,25);1H. The van der Waals surface area contributed by atoms with Gasteiger partial charge in [0.05, 0.1) is 18.8 Å². The van der Waals surface area contributed by atoms with Gasteiger partial charge in [-0.1, -0.05) is 25.1 Å². The zero-order valence-corrected chi connectivity index (χ0v) is 18.7. The van der Waals surface area contributed by atoms with Crippen LogP contribution in [0, 0.1) is 0 Å². The number of aliphatic imine (C=N–C) groups is 1. The molecule has 0 amide bonds. The van der Waals surface area contributed by atoms with Crippen molar-refractivity contribution in [1.29, 1.82) is 0 Å². The molecule has 162 valence electrons. The lowest BCUT2D eigenvalue weighted by molar-refractivity contribution is -0.154. The van der Waals surface area contributed by atoms with E-state index in [9.17, 15) is 13.2 Å². The second kappa shape index (κ2) is 11.8. The molecule has 0 bridgehead atoms. The molecule has 0 aliphatic rings. The van der Waals surface area contributed by atoms with Gasteiger partial charge in [0.15, 0.2) is 18.3 Å². The average molecular weight is 527 g/mol. The quantitative estimate of drug-likeness (QED) is 0.307. The Morgan fingerprint density at radius 3 is 2.69 bits per heavy atom. The molecule has 0 aliphatic heterocycles. The van der Waals surface area contributed by atoms with Crippen molar-refractivity contribution in [2.75, 3.05) is 13.2 Å². The number of nitrogens with one attached hydrogen (secondary N) is 2. The van der Waals surface area contributed by atoms with Gasteiger partial charge in [0.1, 0.15) is 0 Å². The van der Waals surface area contributed by atoms with E-state index in [0.29, 0.717) is 30.4 Å². The van der Waals surface area contributed by atoms with Crippen molar-refractivity contribution in [3.05, 3.63) is 41.4 Å². The van der Waals surface area contributed by atoms with E-state index < -0.39 is 12.8 Å². The molecule has 2 rings (SSSR count). The maximum absolute atomic E-state index is 12.4. The third-order valence-corrected chi connectivity index (χ3v) is 3.57. The highest BCUT2D eigenvalue weighted by atomic mass is 127. The summed E-state index contributed by atoms with van der Waals surface area (Å²) >= 11 is 0. The second-order valence-corrected chi connectivity index (χ2v) is 6.29. The summed E-state index contributed by atoms with van der Waals surface area (Å²) in [5, 5.41) is 10.2. The molecular weight excluding hydrogens is 502 g/mol. The van der Waals surface area contributed by atoms with Crippen LogP contribution < -0.4 is 15.4 Å². The van der Waals surface area contributed by atoms with Crippen LogP contribution in [0.3, 0.4) is 0 Å². The Morgan fingerprint density at radius 2 is 2.07 bits per heavy atom. The molecule has 29 heavy (non-hydrogen) atoms. The van der Waals surface area contributed by atoms with Crippen LogP contribution in [-0.4, -0.2) is 35.4 Å². The Kier molecular flexibility index (Phi) is 10.2. The van der Waals surface area contributed by atoms with Gasteiger partial charge in [0, 0.05) is 24.4 Å². The van der Waals surface area contributed by atoms with E-state index in [2.05, 4.69) is 25.8 Å². The summed E-state index contributed by atoms with van der Waals surface area (Å²) in [7, 11) is 0. The number of hydrogen-bond donors (Lipinski definition) is 2. The van der Waals surface area contributed by atoms with Crippen molar-refractivity contribution in [3.8, 4) is 5.88 Å². The summed E-state index contributed by atoms with van der Waals surface area (Å²) in [5.74, 6) is 1.32. The first-order chi connectivity index (χ1) is 13.3. The van der Waals surface area contributed by atoms with Gasteiger partial charge in [-0.05, 0) is 18.9 Å². The Morgan fingerprint density at radius 1 is 1.31 bits per heavy atom. The minimum atomic E-state index is -4.43. The minimum Gasteiger partial charge on any atom is -0.468 e. The zero-order valence-electron chi connectivity index (χ0n) is 16.4. The van der Waals surface area contributed by atoms with Gasteiger partial charge in [-0.25, -0.2) is 9.98 Å². The molecule has 0 atom stereocenters. The summed E-state index contributed by atoms with van der Waals surface area (Å²) in [6.07, 6.45) is -3.06. The maximum Gasteiger partial charge on any atom is 0.422 e. The molecular formula is C18H25F3IN5O2. The highest BCUT2D eigenvalue weighted by molar-refractivity contribution is 14.0. The number of halogens is 4. The fourth-order valence-electron chi connectivity index (χ4n) is 2.19. The van der Waals surface area contributed by atoms with Gasteiger partial charge in [-0.3, -0.25) is 0 Å². The molecule has 0 spiro atoms. The smallest absolute Gasteiger partial charge is 0.422 e. The van der Waals surface area contributed by atoms with Crippen molar-refractivity contribution in [1.82, 2.24) is 20.8 Å². The largest absolute Gasteiger partial charge is 0.468 e. The zero-order chi connectivity index (χ0) is 20.6. The van der Waals surface area contributed by atoms with Crippen LogP contribution >= 0.6 is 24.0 Å². The van der Waals surface area contributed by atoms with Crippen LogP contribution in [0.4, 0.5) is 13.2 Å².